The van der Waals surface area contributed by atoms with Crippen LogP contribution in [0.2, 0.25) is 0 Å². The summed E-state index contributed by atoms with van der Waals surface area (Å²) in [6.07, 6.45) is 1.66. The molecule has 182 valence electrons. The van der Waals surface area contributed by atoms with E-state index in [-0.39, 0.29) is 46.9 Å². The first-order valence-corrected chi connectivity index (χ1v) is 13.2. The Labute approximate surface area is 197 Å². The highest BCUT2D eigenvalue weighted by Gasteiger charge is 2.75. The van der Waals surface area contributed by atoms with Crippen LogP contribution in [0.4, 0.5) is 8.78 Å². The summed E-state index contributed by atoms with van der Waals surface area (Å²) in [5, 5.41) is 11.5. The molecule has 3 fully saturated rings. The predicted octanol–water partition coefficient (Wildman–Crippen LogP) is 4.64. The summed E-state index contributed by atoms with van der Waals surface area (Å²) in [7, 11) is 0. The topological polar surface area (TPSA) is 72.8 Å². The number of thioether (sulfide) groups is 1. The Hall–Kier alpha value is -1.41. The average Bonchev–Trinajstić information content (AvgIpc) is 3.34. The molecular formula is C25H32F2O5S. The standard InChI is InChI=1S/C25H32F2O5S/c1-5-6-19-31-20-17(28)10-15-16(26)9-14-12-7-8-13(22(30)33-4)23(12,2)11-18(29)25(14,27)24(15,3)21(20)32-19/h10,12-14,16,18-19,29H,5-9,11H2,1-4H3/t12-,13-,14-,16?,18-,19?,23-,24+,25-/m0/s1. The molecule has 0 aromatic rings. The van der Waals surface area contributed by atoms with Crippen molar-refractivity contribution in [3.8, 4) is 0 Å². The van der Waals surface area contributed by atoms with E-state index in [4.69, 9.17) is 9.47 Å². The number of carbonyl (C=O) groups excluding carboxylic acids is 2. The Balaban J connectivity index is 1.62. The molecule has 5 aliphatic rings. The lowest BCUT2D eigenvalue weighted by Crippen LogP contribution is -2.69. The Morgan fingerprint density at radius 3 is 2.67 bits per heavy atom. The minimum atomic E-state index is -2.24. The van der Waals surface area contributed by atoms with E-state index >= 15 is 8.78 Å². The van der Waals surface area contributed by atoms with Crippen molar-refractivity contribution >= 4 is 22.7 Å². The van der Waals surface area contributed by atoms with Gasteiger partial charge in [0.15, 0.2) is 16.5 Å². The molecule has 0 radical (unpaired) electrons. The van der Waals surface area contributed by atoms with Gasteiger partial charge in [0.25, 0.3) is 0 Å². The zero-order valence-corrected chi connectivity index (χ0v) is 20.3. The number of aliphatic hydroxyl groups is 1. The van der Waals surface area contributed by atoms with E-state index in [0.717, 1.165) is 24.3 Å². The highest BCUT2D eigenvalue weighted by Crippen LogP contribution is 2.71. The van der Waals surface area contributed by atoms with Gasteiger partial charge in [0.2, 0.25) is 17.8 Å². The second kappa shape index (κ2) is 7.54. The van der Waals surface area contributed by atoms with Gasteiger partial charge in [-0.1, -0.05) is 25.6 Å². The summed E-state index contributed by atoms with van der Waals surface area (Å²) >= 11 is 1.16. The number of alkyl halides is 2. The number of ether oxygens (including phenoxy) is 2. The molecule has 2 unspecified atom stereocenters. The van der Waals surface area contributed by atoms with Crippen molar-refractivity contribution < 1.29 is 33.0 Å². The number of halogens is 2. The minimum Gasteiger partial charge on any atom is -0.454 e. The van der Waals surface area contributed by atoms with Gasteiger partial charge in [-0.2, -0.15) is 0 Å². The molecule has 0 aromatic carbocycles. The Morgan fingerprint density at radius 1 is 1.27 bits per heavy atom. The van der Waals surface area contributed by atoms with Gasteiger partial charge in [-0.15, -0.1) is 0 Å². The third kappa shape index (κ3) is 2.79. The maximum absolute atomic E-state index is 17.6. The van der Waals surface area contributed by atoms with Crippen LogP contribution in [-0.4, -0.2) is 46.5 Å². The molecule has 1 heterocycles. The second-order valence-corrected chi connectivity index (χ2v) is 11.6. The van der Waals surface area contributed by atoms with Gasteiger partial charge >= 0.3 is 0 Å². The third-order valence-electron chi connectivity index (χ3n) is 9.37. The second-order valence-electron chi connectivity index (χ2n) is 10.8. The molecular weight excluding hydrogens is 450 g/mol. The zero-order chi connectivity index (χ0) is 23.9. The molecule has 0 aromatic heterocycles. The van der Waals surface area contributed by atoms with Crippen molar-refractivity contribution in [3.05, 3.63) is 23.2 Å². The van der Waals surface area contributed by atoms with Gasteiger partial charge in [0, 0.05) is 18.3 Å². The van der Waals surface area contributed by atoms with Gasteiger partial charge in [0.1, 0.15) is 6.17 Å². The monoisotopic (exact) mass is 482 g/mol. The van der Waals surface area contributed by atoms with Crippen LogP contribution in [0, 0.1) is 28.6 Å². The van der Waals surface area contributed by atoms with E-state index in [1.54, 1.807) is 13.2 Å². The van der Waals surface area contributed by atoms with Gasteiger partial charge in [-0.05, 0) is 68.3 Å². The summed E-state index contributed by atoms with van der Waals surface area (Å²) in [6.45, 7) is 5.46. The Bertz CT molecular complexity index is 964. The Kier molecular flexibility index (Phi) is 5.33. The van der Waals surface area contributed by atoms with Crippen LogP contribution in [0.15, 0.2) is 23.2 Å². The van der Waals surface area contributed by atoms with Gasteiger partial charge in [-0.3, -0.25) is 9.59 Å². The van der Waals surface area contributed by atoms with Crippen molar-refractivity contribution in [1.29, 1.82) is 0 Å². The lowest BCUT2D eigenvalue weighted by atomic mass is 9.44. The van der Waals surface area contributed by atoms with Crippen LogP contribution >= 0.6 is 11.8 Å². The van der Waals surface area contributed by atoms with Crippen molar-refractivity contribution in [2.24, 2.45) is 28.6 Å². The van der Waals surface area contributed by atoms with E-state index in [1.165, 1.54) is 0 Å². The quantitative estimate of drug-likeness (QED) is 0.632. The number of hydrogen-bond acceptors (Lipinski definition) is 6. The summed E-state index contributed by atoms with van der Waals surface area (Å²) in [6, 6.07) is 0. The molecule has 3 saturated carbocycles. The first-order chi connectivity index (χ1) is 15.5. The van der Waals surface area contributed by atoms with Crippen LogP contribution in [0.3, 0.4) is 0 Å². The molecule has 8 heteroatoms. The van der Waals surface area contributed by atoms with E-state index in [0.29, 0.717) is 19.3 Å². The fraction of sp³-hybridized carbons (Fsp3) is 0.760. The molecule has 0 bridgehead atoms. The maximum Gasteiger partial charge on any atom is 0.241 e. The lowest BCUT2D eigenvalue weighted by molar-refractivity contribution is -0.212. The van der Waals surface area contributed by atoms with Crippen LogP contribution in [0.5, 0.6) is 0 Å². The third-order valence-corrected chi connectivity index (χ3v) is 10.1. The van der Waals surface area contributed by atoms with Gasteiger partial charge in [0.05, 0.1) is 11.5 Å². The van der Waals surface area contributed by atoms with Crippen molar-refractivity contribution in [1.82, 2.24) is 0 Å². The predicted molar refractivity (Wildman–Crippen MR) is 119 cm³/mol. The van der Waals surface area contributed by atoms with Crippen molar-refractivity contribution in [2.45, 2.75) is 83.5 Å². The molecule has 1 N–H and O–H groups in total. The van der Waals surface area contributed by atoms with E-state index in [2.05, 4.69) is 0 Å². The van der Waals surface area contributed by atoms with Gasteiger partial charge < -0.3 is 14.6 Å². The number of hydrogen-bond donors (Lipinski definition) is 1. The largest absolute Gasteiger partial charge is 0.454 e. The molecule has 5 nitrogen and oxygen atoms in total. The molecule has 5 rings (SSSR count). The molecule has 4 aliphatic carbocycles. The molecule has 0 amide bonds. The number of allylic oxidation sites excluding steroid dienone is 2. The number of fused-ring (bicyclic) bond motifs is 6. The van der Waals surface area contributed by atoms with Crippen molar-refractivity contribution in [3.63, 3.8) is 0 Å². The smallest absolute Gasteiger partial charge is 0.241 e. The SMILES string of the molecule is CCCC1OC2=C(O1)[C@@]1(C)C(=CC2=O)C(F)C[C@H]2[C@@H]3CC[C@@H](C(=O)SC)[C@@]3(C)C[C@H](O)[C@@]21F. The summed E-state index contributed by atoms with van der Waals surface area (Å²) in [4.78, 5) is 25.5. The van der Waals surface area contributed by atoms with Crippen LogP contribution in [-0.2, 0) is 19.1 Å². The Morgan fingerprint density at radius 2 is 2.00 bits per heavy atom. The van der Waals surface area contributed by atoms with Gasteiger partial charge in [-0.25, -0.2) is 8.78 Å². The number of aliphatic hydroxyl groups excluding tert-OH is 1. The first-order valence-electron chi connectivity index (χ1n) is 12.0. The van der Waals surface area contributed by atoms with E-state index < -0.39 is 46.8 Å². The highest BCUT2D eigenvalue weighted by atomic mass is 32.2. The fourth-order valence-electron chi connectivity index (χ4n) is 7.79. The molecule has 0 saturated heterocycles. The zero-order valence-electron chi connectivity index (χ0n) is 19.5. The van der Waals surface area contributed by atoms with Crippen LogP contribution < -0.4 is 0 Å². The number of carbonyl (C=O) groups is 2. The summed E-state index contributed by atoms with van der Waals surface area (Å²) in [5.74, 6) is -1.90. The normalized spacial score (nSPS) is 48.2. The average molecular weight is 483 g/mol. The summed E-state index contributed by atoms with van der Waals surface area (Å²) in [5.41, 5.74) is -4.46. The fourth-order valence-corrected chi connectivity index (χ4v) is 8.46. The molecule has 33 heavy (non-hydrogen) atoms. The minimum absolute atomic E-state index is 0.0238. The summed E-state index contributed by atoms with van der Waals surface area (Å²) < 4.78 is 45.1. The number of ketones is 1. The van der Waals surface area contributed by atoms with Crippen LogP contribution in [0.25, 0.3) is 0 Å². The van der Waals surface area contributed by atoms with Crippen molar-refractivity contribution in [2.75, 3.05) is 6.26 Å². The molecule has 1 aliphatic heterocycles. The van der Waals surface area contributed by atoms with E-state index in [9.17, 15) is 14.7 Å². The number of rotatable bonds is 3. The van der Waals surface area contributed by atoms with Crippen LogP contribution in [0.1, 0.15) is 59.3 Å². The molecule has 9 atom stereocenters. The molecule has 0 spiro atoms. The highest BCUT2D eigenvalue weighted by molar-refractivity contribution is 8.13. The first kappa shape index (κ1) is 23.3. The maximum atomic E-state index is 17.6. The lowest BCUT2D eigenvalue weighted by Gasteiger charge is -2.62. The van der Waals surface area contributed by atoms with E-state index in [1.807, 2.05) is 13.8 Å².